The van der Waals surface area contributed by atoms with Gasteiger partial charge < -0.3 is 9.30 Å². The van der Waals surface area contributed by atoms with Crippen LogP contribution in [0.1, 0.15) is 23.1 Å². The second-order valence-electron chi connectivity index (χ2n) is 2.77. The molecule has 0 unspecified atom stereocenters. The molecule has 1 aromatic rings. The molecule has 5 heteroatoms. The van der Waals surface area contributed by atoms with Gasteiger partial charge in [0, 0.05) is 5.69 Å². The Balaban J connectivity index is 2.72. The highest BCUT2D eigenvalue weighted by atomic mass is 16.5. The van der Waals surface area contributed by atoms with Crippen molar-refractivity contribution in [2.24, 2.45) is 0 Å². The molecule has 5 nitrogen and oxygen atoms in total. The van der Waals surface area contributed by atoms with Crippen molar-refractivity contribution in [3.8, 4) is 0 Å². The number of rotatable bonds is 4. The molecule has 0 atom stereocenters. The van der Waals surface area contributed by atoms with Crippen LogP contribution in [0.2, 0.25) is 0 Å². The van der Waals surface area contributed by atoms with Crippen molar-refractivity contribution in [2.45, 2.75) is 20.4 Å². The Hall–Kier alpha value is -1.65. The Labute approximate surface area is 81.7 Å². The van der Waals surface area contributed by atoms with Crippen LogP contribution in [0, 0.1) is 6.92 Å². The fourth-order valence-electron chi connectivity index (χ4n) is 1.08. The number of carbonyl (C=O) groups is 2. The average molecular weight is 196 g/mol. The Morgan fingerprint density at radius 3 is 2.93 bits per heavy atom. The molecule has 0 aliphatic rings. The Morgan fingerprint density at radius 2 is 2.43 bits per heavy atom. The summed E-state index contributed by atoms with van der Waals surface area (Å²) in [6.45, 7) is 3.93. The van der Waals surface area contributed by atoms with Crippen LogP contribution < -0.4 is 0 Å². The molecule has 76 valence electrons. The second-order valence-corrected chi connectivity index (χ2v) is 2.77. The van der Waals surface area contributed by atoms with Crippen molar-refractivity contribution in [3.05, 3.63) is 17.7 Å². The van der Waals surface area contributed by atoms with Gasteiger partial charge in [-0.2, -0.15) is 0 Å². The summed E-state index contributed by atoms with van der Waals surface area (Å²) < 4.78 is 6.35. The van der Waals surface area contributed by atoms with E-state index in [1.807, 2.05) is 0 Å². The monoisotopic (exact) mass is 196 g/mol. The van der Waals surface area contributed by atoms with Gasteiger partial charge in [0.25, 0.3) is 0 Å². The van der Waals surface area contributed by atoms with E-state index in [9.17, 15) is 9.59 Å². The highest BCUT2D eigenvalue weighted by Gasteiger charge is 2.09. The van der Waals surface area contributed by atoms with Gasteiger partial charge in [0.1, 0.15) is 12.2 Å². The zero-order chi connectivity index (χ0) is 10.6. The van der Waals surface area contributed by atoms with E-state index in [0.717, 1.165) is 0 Å². The molecule has 0 fully saturated rings. The van der Waals surface area contributed by atoms with E-state index in [0.29, 0.717) is 24.3 Å². The fraction of sp³-hybridized carbons (Fsp3) is 0.444. The lowest BCUT2D eigenvalue weighted by Gasteiger charge is -2.04. The summed E-state index contributed by atoms with van der Waals surface area (Å²) in [4.78, 5) is 25.4. The number of hydrogen-bond acceptors (Lipinski definition) is 4. The van der Waals surface area contributed by atoms with Gasteiger partial charge in [-0.15, -0.1) is 0 Å². The van der Waals surface area contributed by atoms with Crippen molar-refractivity contribution in [1.82, 2.24) is 9.55 Å². The molecule has 0 radical (unpaired) electrons. The molecule has 0 saturated carbocycles. The van der Waals surface area contributed by atoms with Crippen LogP contribution in [-0.2, 0) is 16.1 Å². The van der Waals surface area contributed by atoms with Gasteiger partial charge >= 0.3 is 5.97 Å². The van der Waals surface area contributed by atoms with Crippen molar-refractivity contribution >= 4 is 12.3 Å². The van der Waals surface area contributed by atoms with Gasteiger partial charge in [-0.25, -0.2) is 4.98 Å². The minimum atomic E-state index is -0.328. The molecule has 0 amide bonds. The molecule has 0 aliphatic heterocycles. The molecule has 1 heterocycles. The molecular weight excluding hydrogens is 184 g/mol. The Bertz CT molecular complexity index is 344. The minimum absolute atomic E-state index is 0.0977. The number of ether oxygens (including phenoxy) is 1. The van der Waals surface area contributed by atoms with E-state index >= 15 is 0 Å². The molecule has 0 N–H and O–H groups in total. The lowest BCUT2D eigenvalue weighted by Crippen LogP contribution is -2.13. The van der Waals surface area contributed by atoms with E-state index < -0.39 is 0 Å². The van der Waals surface area contributed by atoms with Crippen LogP contribution in [0.5, 0.6) is 0 Å². The van der Waals surface area contributed by atoms with Crippen molar-refractivity contribution in [1.29, 1.82) is 0 Å². The summed E-state index contributed by atoms with van der Waals surface area (Å²) in [6.07, 6.45) is 2.12. The fourth-order valence-corrected chi connectivity index (χ4v) is 1.08. The molecule has 1 rings (SSSR count). The molecule has 0 aliphatic carbocycles. The lowest BCUT2D eigenvalue weighted by molar-refractivity contribution is -0.143. The van der Waals surface area contributed by atoms with Crippen LogP contribution in [0.25, 0.3) is 0 Å². The lowest BCUT2D eigenvalue weighted by atomic mass is 10.4. The van der Waals surface area contributed by atoms with Crippen LogP contribution in [0.15, 0.2) is 6.33 Å². The molecular formula is C9H12N2O3. The van der Waals surface area contributed by atoms with Gasteiger partial charge in [0.2, 0.25) is 0 Å². The summed E-state index contributed by atoms with van der Waals surface area (Å²) in [5, 5.41) is 0. The van der Waals surface area contributed by atoms with Gasteiger partial charge in [0.05, 0.1) is 12.9 Å². The molecule has 0 spiro atoms. The predicted molar refractivity (Wildman–Crippen MR) is 49.0 cm³/mol. The first-order valence-electron chi connectivity index (χ1n) is 4.31. The number of esters is 1. The maximum absolute atomic E-state index is 11.1. The van der Waals surface area contributed by atoms with Crippen LogP contribution in [0.4, 0.5) is 0 Å². The van der Waals surface area contributed by atoms with Crippen LogP contribution >= 0.6 is 0 Å². The zero-order valence-electron chi connectivity index (χ0n) is 8.19. The quantitative estimate of drug-likeness (QED) is 0.521. The summed E-state index contributed by atoms with van der Waals surface area (Å²) >= 11 is 0. The SMILES string of the molecule is CCOC(=O)Cn1cnc(C=O)c1C. The molecule has 1 aromatic heterocycles. The second kappa shape index (κ2) is 4.55. The van der Waals surface area contributed by atoms with Gasteiger partial charge in [-0.3, -0.25) is 9.59 Å². The van der Waals surface area contributed by atoms with E-state index in [1.54, 1.807) is 18.4 Å². The summed E-state index contributed by atoms with van der Waals surface area (Å²) in [7, 11) is 0. The van der Waals surface area contributed by atoms with E-state index in [1.165, 1.54) is 6.33 Å². The number of carbonyl (C=O) groups excluding carboxylic acids is 2. The number of aromatic nitrogens is 2. The first kappa shape index (κ1) is 10.4. The zero-order valence-corrected chi connectivity index (χ0v) is 8.19. The van der Waals surface area contributed by atoms with E-state index in [-0.39, 0.29) is 12.5 Å². The minimum Gasteiger partial charge on any atom is -0.465 e. The first-order valence-corrected chi connectivity index (χ1v) is 4.31. The van der Waals surface area contributed by atoms with E-state index in [4.69, 9.17) is 4.74 Å². The third-order valence-electron chi connectivity index (χ3n) is 1.85. The number of imidazole rings is 1. The summed E-state index contributed by atoms with van der Waals surface area (Å²) in [5.41, 5.74) is 1.03. The third-order valence-corrected chi connectivity index (χ3v) is 1.85. The normalized spacial score (nSPS) is 9.86. The average Bonchev–Trinajstić information content (AvgIpc) is 2.48. The van der Waals surface area contributed by atoms with Crippen molar-refractivity contribution in [2.75, 3.05) is 6.61 Å². The number of aldehydes is 1. The van der Waals surface area contributed by atoms with Gasteiger partial charge in [-0.05, 0) is 13.8 Å². The van der Waals surface area contributed by atoms with Crippen molar-refractivity contribution in [3.63, 3.8) is 0 Å². The smallest absolute Gasteiger partial charge is 0.325 e. The Kier molecular flexibility index (Phi) is 3.39. The molecule has 14 heavy (non-hydrogen) atoms. The predicted octanol–water partition coefficient (Wildman–Crippen LogP) is 0.567. The third kappa shape index (κ3) is 2.18. The van der Waals surface area contributed by atoms with Crippen LogP contribution in [-0.4, -0.2) is 28.4 Å². The van der Waals surface area contributed by atoms with Crippen LogP contribution in [0.3, 0.4) is 0 Å². The largest absolute Gasteiger partial charge is 0.465 e. The summed E-state index contributed by atoms with van der Waals surface area (Å²) in [5.74, 6) is -0.328. The van der Waals surface area contributed by atoms with Gasteiger partial charge in [-0.1, -0.05) is 0 Å². The topological polar surface area (TPSA) is 61.2 Å². The number of hydrogen-bond donors (Lipinski definition) is 0. The highest BCUT2D eigenvalue weighted by Crippen LogP contribution is 2.03. The van der Waals surface area contributed by atoms with E-state index in [2.05, 4.69) is 4.98 Å². The standard InChI is InChI=1S/C9H12N2O3/c1-3-14-9(13)4-11-6-10-8(5-12)7(11)2/h5-6H,3-4H2,1-2H3. The maximum Gasteiger partial charge on any atom is 0.325 e. The molecule has 0 aromatic carbocycles. The highest BCUT2D eigenvalue weighted by molar-refractivity contribution is 5.74. The van der Waals surface area contributed by atoms with Gasteiger partial charge in [0.15, 0.2) is 6.29 Å². The molecule has 0 bridgehead atoms. The number of nitrogens with zero attached hydrogens (tertiary/aromatic N) is 2. The maximum atomic E-state index is 11.1. The Morgan fingerprint density at radius 1 is 1.71 bits per heavy atom. The first-order chi connectivity index (χ1) is 6.69. The van der Waals surface area contributed by atoms with Crippen molar-refractivity contribution < 1.29 is 14.3 Å². The molecule has 0 saturated heterocycles. The summed E-state index contributed by atoms with van der Waals surface area (Å²) in [6, 6.07) is 0.